The van der Waals surface area contributed by atoms with Gasteiger partial charge in [-0.25, -0.2) is 13.1 Å². The molecule has 1 aromatic heterocycles. The van der Waals surface area contributed by atoms with Gasteiger partial charge >= 0.3 is 4.87 Å². The van der Waals surface area contributed by atoms with Crippen LogP contribution in [0.15, 0.2) is 27.2 Å². The Bertz CT molecular complexity index is 814. The van der Waals surface area contributed by atoms with E-state index in [1.54, 1.807) is 0 Å². The molecule has 2 rings (SSSR count). The van der Waals surface area contributed by atoms with Crippen LogP contribution in [0.3, 0.4) is 0 Å². The number of aromatic amines is 1. The number of aliphatic hydroxyl groups is 1. The SMILES string of the molecule is O=c1[nH]c(CNS(=O)(=O)c2cc(Cl)cc(CO)c2Cl)cs1. The largest absolute Gasteiger partial charge is 0.392 e. The predicted molar refractivity (Wildman–Crippen MR) is 81.4 cm³/mol. The first-order chi connectivity index (χ1) is 9.83. The van der Waals surface area contributed by atoms with Crippen molar-refractivity contribution in [2.75, 3.05) is 0 Å². The maximum absolute atomic E-state index is 12.2. The number of H-pyrrole nitrogens is 1. The summed E-state index contributed by atoms with van der Waals surface area (Å²) in [5, 5.41) is 10.7. The average Bonchev–Trinajstić information content (AvgIpc) is 2.84. The maximum atomic E-state index is 12.2. The van der Waals surface area contributed by atoms with E-state index in [0.29, 0.717) is 5.69 Å². The molecule has 1 heterocycles. The Labute approximate surface area is 134 Å². The summed E-state index contributed by atoms with van der Waals surface area (Å²) in [4.78, 5) is 13.0. The van der Waals surface area contributed by atoms with Crippen molar-refractivity contribution in [1.82, 2.24) is 9.71 Å². The third kappa shape index (κ3) is 3.85. The van der Waals surface area contributed by atoms with Gasteiger partial charge in [-0.1, -0.05) is 34.5 Å². The van der Waals surface area contributed by atoms with Crippen LogP contribution in [0.2, 0.25) is 10.0 Å². The van der Waals surface area contributed by atoms with Crippen molar-refractivity contribution in [1.29, 1.82) is 0 Å². The summed E-state index contributed by atoms with van der Waals surface area (Å²) in [7, 11) is -3.93. The highest BCUT2D eigenvalue weighted by Crippen LogP contribution is 2.29. The molecule has 0 aliphatic rings. The van der Waals surface area contributed by atoms with Gasteiger partial charge in [0.1, 0.15) is 4.90 Å². The molecule has 114 valence electrons. The zero-order valence-corrected chi connectivity index (χ0v) is 13.5. The van der Waals surface area contributed by atoms with Gasteiger partial charge in [-0.2, -0.15) is 0 Å². The van der Waals surface area contributed by atoms with Gasteiger partial charge in [-0.3, -0.25) is 4.79 Å². The van der Waals surface area contributed by atoms with Crippen LogP contribution in [0.25, 0.3) is 0 Å². The van der Waals surface area contributed by atoms with E-state index in [2.05, 4.69) is 9.71 Å². The number of sulfonamides is 1. The smallest absolute Gasteiger partial charge is 0.304 e. The van der Waals surface area contributed by atoms with E-state index in [-0.39, 0.29) is 31.9 Å². The van der Waals surface area contributed by atoms with Crippen LogP contribution in [0.4, 0.5) is 0 Å². The Balaban J connectivity index is 2.31. The van der Waals surface area contributed by atoms with E-state index in [9.17, 15) is 13.2 Å². The summed E-state index contributed by atoms with van der Waals surface area (Å²) >= 11 is 12.7. The molecule has 0 bridgehead atoms. The zero-order chi connectivity index (χ0) is 15.6. The molecular formula is C11H10Cl2N2O4S2. The number of nitrogens with one attached hydrogen (secondary N) is 2. The molecule has 0 aliphatic heterocycles. The fourth-order valence-electron chi connectivity index (χ4n) is 1.58. The second-order valence-electron chi connectivity index (χ2n) is 4.03. The Morgan fingerprint density at radius 3 is 2.62 bits per heavy atom. The molecule has 0 unspecified atom stereocenters. The number of thiazole rings is 1. The van der Waals surface area contributed by atoms with E-state index >= 15 is 0 Å². The second kappa shape index (κ2) is 6.47. The van der Waals surface area contributed by atoms with Crippen molar-refractivity contribution in [3.05, 3.63) is 48.5 Å². The number of benzene rings is 1. The number of hydrogen-bond acceptors (Lipinski definition) is 5. The molecule has 6 nitrogen and oxygen atoms in total. The normalized spacial score (nSPS) is 11.8. The first-order valence-electron chi connectivity index (χ1n) is 5.58. The molecular weight excluding hydrogens is 359 g/mol. The highest BCUT2D eigenvalue weighted by Gasteiger charge is 2.21. The van der Waals surface area contributed by atoms with Gasteiger partial charge < -0.3 is 10.1 Å². The molecule has 0 atom stereocenters. The zero-order valence-electron chi connectivity index (χ0n) is 10.4. The Morgan fingerprint density at radius 1 is 1.33 bits per heavy atom. The van der Waals surface area contributed by atoms with Crippen molar-refractivity contribution in [2.45, 2.75) is 18.0 Å². The van der Waals surface area contributed by atoms with E-state index in [1.165, 1.54) is 17.5 Å². The molecule has 0 amide bonds. The molecule has 0 aliphatic carbocycles. The molecule has 0 spiro atoms. The molecule has 0 fully saturated rings. The van der Waals surface area contributed by atoms with Gasteiger partial charge in [0.2, 0.25) is 10.0 Å². The number of hydrogen-bond donors (Lipinski definition) is 3. The van der Waals surface area contributed by atoms with Crippen molar-refractivity contribution in [3.8, 4) is 0 Å². The van der Waals surface area contributed by atoms with E-state index in [4.69, 9.17) is 28.3 Å². The lowest BCUT2D eigenvalue weighted by molar-refractivity contribution is 0.281. The van der Waals surface area contributed by atoms with Crippen molar-refractivity contribution in [3.63, 3.8) is 0 Å². The summed E-state index contributed by atoms with van der Waals surface area (Å²) in [6.07, 6.45) is 0. The summed E-state index contributed by atoms with van der Waals surface area (Å²) in [6.45, 7) is -0.516. The number of rotatable bonds is 5. The molecule has 1 aromatic carbocycles. The van der Waals surface area contributed by atoms with Crippen molar-refractivity contribution in [2.24, 2.45) is 0 Å². The second-order valence-corrected chi connectivity index (χ2v) is 7.43. The van der Waals surface area contributed by atoms with Crippen LogP contribution in [0, 0.1) is 0 Å². The van der Waals surface area contributed by atoms with Gasteiger partial charge in [-0.05, 0) is 17.7 Å². The lowest BCUT2D eigenvalue weighted by atomic mass is 10.2. The monoisotopic (exact) mass is 368 g/mol. The molecule has 3 N–H and O–H groups in total. The third-order valence-corrected chi connectivity index (χ3v) is 5.48. The summed E-state index contributed by atoms with van der Waals surface area (Å²) in [5.41, 5.74) is 0.655. The molecule has 0 radical (unpaired) electrons. The van der Waals surface area contributed by atoms with Crippen LogP contribution in [0.1, 0.15) is 11.3 Å². The van der Waals surface area contributed by atoms with Crippen LogP contribution in [0.5, 0.6) is 0 Å². The standard InChI is InChI=1S/C11H10Cl2N2O4S2/c12-7-1-6(4-16)10(13)9(2-7)21(18,19)14-3-8-5-20-11(17)15-8/h1-2,5,14,16H,3-4H2,(H,15,17). The molecule has 0 saturated heterocycles. The van der Waals surface area contributed by atoms with Crippen LogP contribution >= 0.6 is 34.5 Å². The highest BCUT2D eigenvalue weighted by molar-refractivity contribution is 7.89. The number of aromatic nitrogens is 1. The van der Waals surface area contributed by atoms with E-state index in [1.807, 2.05) is 0 Å². The first kappa shape index (κ1) is 16.5. The lowest BCUT2D eigenvalue weighted by Gasteiger charge is -2.10. The Kier molecular flexibility index (Phi) is 5.07. The maximum Gasteiger partial charge on any atom is 0.304 e. The van der Waals surface area contributed by atoms with Crippen molar-refractivity contribution < 1.29 is 13.5 Å². The highest BCUT2D eigenvalue weighted by atomic mass is 35.5. The van der Waals surface area contributed by atoms with Crippen LogP contribution in [-0.4, -0.2) is 18.5 Å². The fourth-order valence-corrected chi connectivity index (χ4v) is 4.09. The van der Waals surface area contributed by atoms with Gasteiger partial charge in [-0.15, -0.1) is 0 Å². The quantitative estimate of drug-likeness (QED) is 0.747. The summed E-state index contributed by atoms with van der Waals surface area (Å²) in [6, 6.07) is 2.58. The Morgan fingerprint density at radius 2 is 2.05 bits per heavy atom. The molecule has 2 aromatic rings. The molecule has 21 heavy (non-hydrogen) atoms. The average molecular weight is 369 g/mol. The predicted octanol–water partition coefficient (Wildman–Crippen LogP) is 1.71. The summed E-state index contributed by atoms with van der Waals surface area (Å²) < 4.78 is 26.8. The minimum Gasteiger partial charge on any atom is -0.392 e. The van der Waals surface area contributed by atoms with E-state index in [0.717, 1.165) is 11.3 Å². The lowest BCUT2D eigenvalue weighted by Crippen LogP contribution is -2.24. The van der Waals surface area contributed by atoms with Gasteiger partial charge in [0, 0.05) is 16.1 Å². The minimum atomic E-state index is -3.93. The first-order valence-corrected chi connectivity index (χ1v) is 8.70. The van der Waals surface area contributed by atoms with Gasteiger partial charge in [0.05, 0.1) is 18.2 Å². The minimum absolute atomic E-state index is 0.0849. The third-order valence-electron chi connectivity index (χ3n) is 2.56. The topological polar surface area (TPSA) is 99.3 Å². The molecule has 10 heteroatoms. The van der Waals surface area contributed by atoms with Crippen LogP contribution < -0.4 is 9.60 Å². The number of halogens is 2. The van der Waals surface area contributed by atoms with Gasteiger partial charge in [0.25, 0.3) is 0 Å². The summed E-state index contributed by atoms with van der Waals surface area (Å²) in [5.74, 6) is 0. The van der Waals surface area contributed by atoms with Crippen molar-refractivity contribution >= 4 is 44.6 Å². The Hall–Kier alpha value is -0.900. The van der Waals surface area contributed by atoms with E-state index < -0.39 is 16.6 Å². The number of aliphatic hydroxyl groups excluding tert-OH is 1. The van der Waals surface area contributed by atoms with Crippen LogP contribution in [-0.2, 0) is 23.2 Å². The fraction of sp³-hybridized carbons (Fsp3) is 0.182. The van der Waals surface area contributed by atoms with Gasteiger partial charge in [0.15, 0.2) is 0 Å². The molecule has 0 saturated carbocycles.